The molecule has 1 rings (SSSR count). The van der Waals surface area contributed by atoms with E-state index in [-0.39, 0.29) is 6.61 Å². The summed E-state index contributed by atoms with van der Waals surface area (Å²) in [5, 5.41) is 0. The SMILES string of the molecule is Cc1ccc(OC(=O)OCCOCC(C)C)cc1. The Morgan fingerprint density at radius 2 is 1.83 bits per heavy atom. The Balaban J connectivity index is 2.16. The van der Waals surface area contributed by atoms with E-state index in [4.69, 9.17) is 14.2 Å². The second-order valence-electron chi connectivity index (χ2n) is 4.48. The summed E-state index contributed by atoms with van der Waals surface area (Å²) >= 11 is 0. The maximum Gasteiger partial charge on any atom is 0.513 e. The minimum Gasteiger partial charge on any atom is -0.432 e. The van der Waals surface area contributed by atoms with Gasteiger partial charge in [0.1, 0.15) is 12.4 Å². The van der Waals surface area contributed by atoms with Gasteiger partial charge in [0.2, 0.25) is 0 Å². The minimum atomic E-state index is -0.702. The molecule has 0 radical (unpaired) electrons. The van der Waals surface area contributed by atoms with E-state index in [2.05, 4.69) is 13.8 Å². The van der Waals surface area contributed by atoms with Gasteiger partial charge in [0.05, 0.1) is 6.61 Å². The number of benzene rings is 1. The second-order valence-corrected chi connectivity index (χ2v) is 4.48. The van der Waals surface area contributed by atoms with E-state index < -0.39 is 6.16 Å². The fourth-order valence-corrected chi connectivity index (χ4v) is 1.23. The van der Waals surface area contributed by atoms with Gasteiger partial charge in [0.15, 0.2) is 0 Å². The average Bonchev–Trinajstić information content (AvgIpc) is 2.31. The Bertz CT molecular complexity index is 357. The van der Waals surface area contributed by atoms with Crippen LogP contribution in [0.5, 0.6) is 5.75 Å². The third kappa shape index (κ3) is 6.25. The van der Waals surface area contributed by atoms with E-state index in [9.17, 15) is 4.79 Å². The van der Waals surface area contributed by atoms with Gasteiger partial charge in [-0.15, -0.1) is 0 Å². The van der Waals surface area contributed by atoms with Crippen LogP contribution in [-0.2, 0) is 9.47 Å². The predicted octanol–water partition coefficient (Wildman–Crippen LogP) is 3.18. The summed E-state index contributed by atoms with van der Waals surface area (Å²) in [4.78, 5) is 11.3. The molecule has 1 aromatic rings. The maximum atomic E-state index is 11.3. The molecule has 0 bridgehead atoms. The summed E-state index contributed by atoms with van der Waals surface area (Å²) in [6.07, 6.45) is -0.702. The van der Waals surface area contributed by atoms with Gasteiger partial charge in [-0.05, 0) is 25.0 Å². The number of carbonyl (C=O) groups excluding carboxylic acids is 1. The van der Waals surface area contributed by atoms with Crippen LogP contribution >= 0.6 is 0 Å². The number of aryl methyl sites for hydroxylation is 1. The van der Waals surface area contributed by atoms with Crippen LogP contribution in [0.4, 0.5) is 4.79 Å². The molecule has 0 unspecified atom stereocenters. The summed E-state index contributed by atoms with van der Waals surface area (Å²) in [5.74, 6) is 0.957. The molecule has 0 amide bonds. The molecule has 0 aliphatic heterocycles. The monoisotopic (exact) mass is 252 g/mol. The van der Waals surface area contributed by atoms with Gasteiger partial charge < -0.3 is 14.2 Å². The van der Waals surface area contributed by atoms with Crippen molar-refractivity contribution in [3.63, 3.8) is 0 Å². The molecule has 18 heavy (non-hydrogen) atoms. The van der Waals surface area contributed by atoms with E-state index in [1.54, 1.807) is 12.1 Å². The lowest BCUT2D eigenvalue weighted by Gasteiger charge is -2.08. The Morgan fingerprint density at radius 1 is 1.17 bits per heavy atom. The third-order valence-corrected chi connectivity index (χ3v) is 2.12. The third-order valence-electron chi connectivity index (χ3n) is 2.12. The molecule has 0 saturated carbocycles. The number of hydrogen-bond donors (Lipinski definition) is 0. The first-order chi connectivity index (χ1) is 8.58. The standard InChI is InChI=1S/C14H20O4/c1-11(2)10-16-8-9-17-14(15)18-13-6-4-12(3)5-7-13/h4-7,11H,8-10H2,1-3H3. The first-order valence-electron chi connectivity index (χ1n) is 6.07. The van der Waals surface area contributed by atoms with Crippen molar-refractivity contribution in [3.05, 3.63) is 29.8 Å². The van der Waals surface area contributed by atoms with Crippen molar-refractivity contribution >= 4 is 6.16 Å². The highest BCUT2D eigenvalue weighted by molar-refractivity contribution is 5.63. The lowest BCUT2D eigenvalue weighted by molar-refractivity contribution is 0.0438. The zero-order chi connectivity index (χ0) is 13.4. The van der Waals surface area contributed by atoms with Crippen molar-refractivity contribution in [3.8, 4) is 5.75 Å². The maximum absolute atomic E-state index is 11.3. The Hall–Kier alpha value is -1.55. The zero-order valence-electron chi connectivity index (χ0n) is 11.1. The molecule has 0 saturated heterocycles. The van der Waals surface area contributed by atoms with Crippen LogP contribution in [0.2, 0.25) is 0 Å². The van der Waals surface area contributed by atoms with Crippen LogP contribution in [-0.4, -0.2) is 26.0 Å². The van der Waals surface area contributed by atoms with E-state index in [1.807, 2.05) is 19.1 Å². The lowest BCUT2D eigenvalue weighted by Crippen LogP contribution is -2.15. The first-order valence-corrected chi connectivity index (χ1v) is 6.07. The van der Waals surface area contributed by atoms with Gasteiger partial charge in [-0.2, -0.15) is 0 Å². The van der Waals surface area contributed by atoms with Crippen molar-refractivity contribution in [2.75, 3.05) is 19.8 Å². The first kappa shape index (κ1) is 14.5. The largest absolute Gasteiger partial charge is 0.513 e. The number of carbonyl (C=O) groups is 1. The smallest absolute Gasteiger partial charge is 0.432 e. The van der Waals surface area contributed by atoms with Gasteiger partial charge >= 0.3 is 6.16 Å². The zero-order valence-corrected chi connectivity index (χ0v) is 11.1. The molecular weight excluding hydrogens is 232 g/mol. The van der Waals surface area contributed by atoms with Gasteiger partial charge in [-0.25, -0.2) is 4.79 Å². The molecular formula is C14H20O4. The molecule has 0 aliphatic carbocycles. The number of hydrogen-bond acceptors (Lipinski definition) is 4. The van der Waals surface area contributed by atoms with Gasteiger partial charge in [0, 0.05) is 6.61 Å². The predicted molar refractivity (Wildman–Crippen MR) is 68.8 cm³/mol. The summed E-state index contributed by atoms with van der Waals surface area (Å²) in [5.41, 5.74) is 1.11. The molecule has 1 aromatic carbocycles. The normalized spacial score (nSPS) is 10.4. The number of ether oxygens (including phenoxy) is 3. The van der Waals surface area contributed by atoms with Crippen molar-refractivity contribution < 1.29 is 19.0 Å². The van der Waals surface area contributed by atoms with Crippen molar-refractivity contribution in [2.24, 2.45) is 5.92 Å². The van der Waals surface area contributed by atoms with Crippen molar-refractivity contribution in [2.45, 2.75) is 20.8 Å². The van der Waals surface area contributed by atoms with E-state index in [0.717, 1.165) is 5.56 Å². The highest BCUT2D eigenvalue weighted by Crippen LogP contribution is 2.11. The Labute approximate surface area is 108 Å². The quantitative estimate of drug-likeness (QED) is 0.443. The molecule has 0 atom stereocenters. The van der Waals surface area contributed by atoms with Crippen molar-refractivity contribution in [1.82, 2.24) is 0 Å². The highest BCUT2D eigenvalue weighted by atomic mass is 16.7. The van der Waals surface area contributed by atoms with E-state index >= 15 is 0 Å². The van der Waals surface area contributed by atoms with Crippen LogP contribution in [0.1, 0.15) is 19.4 Å². The van der Waals surface area contributed by atoms with Gasteiger partial charge in [0.25, 0.3) is 0 Å². The van der Waals surface area contributed by atoms with E-state index in [0.29, 0.717) is 24.9 Å². The van der Waals surface area contributed by atoms with Crippen LogP contribution < -0.4 is 4.74 Å². The fraction of sp³-hybridized carbons (Fsp3) is 0.500. The Morgan fingerprint density at radius 3 is 2.44 bits per heavy atom. The summed E-state index contributed by atoms with van der Waals surface area (Å²) < 4.78 is 15.1. The van der Waals surface area contributed by atoms with Crippen LogP contribution in [0.15, 0.2) is 24.3 Å². The second kappa shape index (κ2) is 7.71. The van der Waals surface area contributed by atoms with Gasteiger partial charge in [-0.1, -0.05) is 31.5 Å². The van der Waals surface area contributed by atoms with E-state index in [1.165, 1.54) is 0 Å². The summed E-state index contributed by atoms with van der Waals surface area (Å²) in [6.45, 7) is 7.35. The molecule has 100 valence electrons. The average molecular weight is 252 g/mol. The van der Waals surface area contributed by atoms with Gasteiger partial charge in [-0.3, -0.25) is 0 Å². The number of rotatable bonds is 6. The topological polar surface area (TPSA) is 44.8 Å². The Kier molecular flexibility index (Phi) is 6.22. The molecule has 0 heterocycles. The molecule has 4 heteroatoms. The molecule has 0 aromatic heterocycles. The molecule has 0 spiro atoms. The minimum absolute atomic E-state index is 0.206. The lowest BCUT2D eigenvalue weighted by atomic mass is 10.2. The summed E-state index contributed by atoms with van der Waals surface area (Å²) in [6, 6.07) is 7.19. The van der Waals surface area contributed by atoms with Crippen LogP contribution in [0.25, 0.3) is 0 Å². The molecule has 0 aliphatic rings. The summed E-state index contributed by atoms with van der Waals surface area (Å²) in [7, 11) is 0. The molecule has 4 nitrogen and oxygen atoms in total. The fourth-order valence-electron chi connectivity index (χ4n) is 1.23. The van der Waals surface area contributed by atoms with Crippen molar-refractivity contribution in [1.29, 1.82) is 0 Å². The van der Waals surface area contributed by atoms with Crippen LogP contribution in [0.3, 0.4) is 0 Å². The molecule has 0 N–H and O–H groups in total. The highest BCUT2D eigenvalue weighted by Gasteiger charge is 2.05. The van der Waals surface area contributed by atoms with Crippen LogP contribution in [0, 0.1) is 12.8 Å². The molecule has 0 fully saturated rings.